The molecule has 29 heavy (non-hydrogen) atoms. The average molecular weight is 548 g/mol. The van der Waals surface area contributed by atoms with E-state index in [-0.39, 0.29) is 15.9 Å². The van der Waals surface area contributed by atoms with E-state index in [1.807, 2.05) is 24.3 Å². The number of hydrogen-bond acceptors (Lipinski definition) is 0. The maximum absolute atomic E-state index is 4.81. The van der Waals surface area contributed by atoms with Crippen molar-refractivity contribution in [1.29, 1.82) is 0 Å². The topological polar surface area (TPSA) is 0 Å². The summed E-state index contributed by atoms with van der Waals surface area (Å²) >= 11 is -0.106. The van der Waals surface area contributed by atoms with E-state index in [0.717, 1.165) is 0 Å². The quantitative estimate of drug-likeness (QED) is 0.201. The zero-order valence-corrected chi connectivity index (χ0v) is 20.4. The molecule has 5 heteroatoms. The molecule has 4 aromatic rings. The van der Waals surface area contributed by atoms with Crippen LogP contribution in [0.3, 0.4) is 0 Å². The Balaban J connectivity index is 0.000000183. The number of benzene rings is 4. The predicted octanol–water partition coefficient (Wildman–Crippen LogP) is 6.54. The molecule has 4 rings (SSSR count). The third-order valence-corrected chi connectivity index (χ3v) is 5.77. The molecule has 0 bridgehead atoms. The summed E-state index contributed by atoms with van der Waals surface area (Å²) in [7, 11) is 12.2. The second-order valence-electron chi connectivity index (χ2n) is 5.61. The van der Waals surface area contributed by atoms with Crippen LogP contribution in [-0.4, -0.2) is 0 Å². The van der Waals surface area contributed by atoms with E-state index in [2.05, 4.69) is 97.1 Å². The number of hydrogen-bond donors (Lipinski definition) is 0. The number of rotatable bonds is 4. The van der Waals surface area contributed by atoms with Gasteiger partial charge in [-0.15, -0.1) is 0 Å². The smallest absolute Gasteiger partial charge is 0.0100 e. The molecule has 0 nitrogen and oxygen atoms in total. The van der Waals surface area contributed by atoms with Gasteiger partial charge >= 0.3 is 35.0 Å². The molecule has 0 amide bonds. The van der Waals surface area contributed by atoms with Crippen molar-refractivity contribution in [1.82, 2.24) is 0 Å². The molecule has 0 atom stereocenters. The first kappa shape index (κ1) is 24.3. The van der Waals surface area contributed by atoms with Crippen LogP contribution in [-0.2, 0) is 15.9 Å². The van der Waals surface area contributed by atoms with Gasteiger partial charge in [-0.05, 0) is 38.4 Å². The van der Waals surface area contributed by atoms with Gasteiger partial charge in [-0.2, -0.15) is 0 Å². The largest absolute Gasteiger partial charge is 0.0622 e. The summed E-state index contributed by atoms with van der Waals surface area (Å²) in [5, 5.41) is 5.37. The molecule has 0 aliphatic carbocycles. The Hall–Kier alpha value is -1.02. The van der Waals surface area contributed by atoms with Gasteiger partial charge in [-0.3, -0.25) is 0 Å². The third kappa shape index (κ3) is 11.1. The second kappa shape index (κ2) is 15.8. The summed E-state index contributed by atoms with van der Waals surface area (Å²) in [6.07, 6.45) is 0. The summed E-state index contributed by atoms with van der Waals surface area (Å²) in [4.78, 5) is 0. The van der Waals surface area contributed by atoms with Crippen LogP contribution in [0, 0.1) is 0 Å². The molecule has 0 N–H and O–H groups in total. The van der Waals surface area contributed by atoms with Crippen LogP contribution < -0.4 is 21.2 Å². The molecule has 0 saturated heterocycles. The van der Waals surface area contributed by atoms with Gasteiger partial charge in [0.05, 0.1) is 0 Å². The van der Waals surface area contributed by atoms with E-state index in [9.17, 15) is 0 Å². The monoisotopic (exact) mass is 546 g/mol. The number of halogens is 2. The van der Waals surface area contributed by atoms with Gasteiger partial charge in [0, 0.05) is 0 Å². The van der Waals surface area contributed by atoms with E-state index in [1.165, 1.54) is 38.4 Å². The average Bonchev–Trinajstić information content (AvgIpc) is 2.78. The van der Waals surface area contributed by atoms with Gasteiger partial charge in [0.1, 0.15) is 0 Å². The first-order valence-electron chi connectivity index (χ1n) is 8.78. The Kier molecular flexibility index (Phi) is 13.2. The summed E-state index contributed by atoms with van der Waals surface area (Å²) in [6, 6.07) is 42.0. The molecule has 0 aliphatic rings. The first-order valence-corrected chi connectivity index (χ1v) is 14.6. The van der Waals surface area contributed by atoms with Crippen molar-refractivity contribution in [2.45, 2.75) is 0 Å². The van der Waals surface area contributed by atoms with Gasteiger partial charge in [0.15, 0.2) is 0 Å². The maximum atomic E-state index is 4.81. The van der Waals surface area contributed by atoms with Gasteiger partial charge in [-0.25, -0.2) is 0 Å². The van der Waals surface area contributed by atoms with Crippen molar-refractivity contribution in [3.63, 3.8) is 0 Å². The van der Waals surface area contributed by atoms with Gasteiger partial charge in [0.25, 0.3) is 0 Å². The van der Waals surface area contributed by atoms with E-state index in [0.29, 0.717) is 0 Å². The third-order valence-electron chi connectivity index (χ3n) is 3.54. The fourth-order valence-corrected chi connectivity index (χ4v) is 4.19. The van der Waals surface area contributed by atoms with Crippen molar-refractivity contribution in [2.75, 3.05) is 0 Å². The molecule has 0 fully saturated rings. The van der Waals surface area contributed by atoms with Crippen LogP contribution in [0.5, 0.6) is 0 Å². The van der Waals surface area contributed by atoms with Gasteiger partial charge < -0.3 is 0 Å². The SMILES string of the molecule is [Cl][Pd][Cl].c1ccc([P]c2ccccc2)cc1.c1ccc([P]c2ccccc2)cc1. The molecule has 0 spiro atoms. The maximum Gasteiger partial charge on any atom is -0.0100 e. The van der Waals surface area contributed by atoms with Crippen molar-refractivity contribution in [3.05, 3.63) is 121 Å². The van der Waals surface area contributed by atoms with E-state index in [1.54, 1.807) is 0 Å². The van der Waals surface area contributed by atoms with E-state index >= 15 is 0 Å². The molecule has 2 radical (unpaired) electrons. The Morgan fingerprint density at radius 1 is 0.379 bits per heavy atom. The van der Waals surface area contributed by atoms with Crippen LogP contribution in [0.1, 0.15) is 0 Å². The van der Waals surface area contributed by atoms with Gasteiger partial charge in [0.2, 0.25) is 0 Å². The van der Waals surface area contributed by atoms with Crippen LogP contribution in [0.2, 0.25) is 0 Å². The Morgan fingerprint density at radius 3 is 0.724 bits per heavy atom. The predicted molar refractivity (Wildman–Crippen MR) is 130 cm³/mol. The summed E-state index contributed by atoms with van der Waals surface area (Å²) < 4.78 is 0. The Labute approximate surface area is 193 Å². The van der Waals surface area contributed by atoms with Crippen LogP contribution in [0.15, 0.2) is 121 Å². The second-order valence-corrected chi connectivity index (χ2v) is 10.5. The minimum atomic E-state index is -0.106. The Bertz CT molecular complexity index is 741. The zero-order valence-electron chi connectivity index (χ0n) is 15.5. The normalized spacial score (nSPS) is 9.59. The van der Waals surface area contributed by atoms with Crippen LogP contribution in [0.4, 0.5) is 0 Å². The molecular weight excluding hydrogens is 528 g/mol. The zero-order chi connectivity index (χ0) is 20.6. The molecule has 0 aliphatic heterocycles. The molecule has 150 valence electrons. The van der Waals surface area contributed by atoms with Crippen LogP contribution >= 0.6 is 36.2 Å². The van der Waals surface area contributed by atoms with E-state index < -0.39 is 0 Å². The van der Waals surface area contributed by atoms with Crippen molar-refractivity contribution < 1.29 is 15.9 Å². The fourth-order valence-electron chi connectivity index (χ4n) is 2.31. The minimum Gasteiger partial charge on any atom is -0.0622 e. The van der Waals surface area contributed by atoms with Crippen molar-refractivity contribution >= 4 is 57.4 Å². The molecule has 4 aromatic carbocycles. The summed E-state index contributed by atoms with van der Waals surface area (Å²) in [5.74, 6) is 0. The van der Waals surface area contributed by atoms with Gasteiger partial charge in [-0.1, -0.05) is 121 Å². The first-order chi connectivity index (χ1) is 14.3. The van der Waals surface area contributed by atoms with Crippen molar-refractivity contribution in [3.8, 4) is 0 Å². The van der Waals surface area contributed by atoms with Crippen molar-refractivity contribution in [2.24, 2.45) is 0 Å². The summed E-state index contributed by atoms with van der Waals surface area (Å²) in [6.45, 7) is 0. The fraction of sp³-hybridized carbons (Fsp3) is 0. The van der Waals surface area contributed by atoms with Crippen LogP contribution in [0.25, 0.3) is 0 Å². The molecule has 0 unspecified atom stereocenters. The standard InChI is InChI=1S/2C12H10P.2ClH.Pd/c2*1-3-7-11(8-4-1)13-12-9-5-2-6-10-12;;;/h2*1-10H;2*1H;/q;;;;+2/p-2. The molecule has 0 heterocycles. The molecular formula is C24H20Cl2P2Pd. The molecule has 0 saturated carbocycles. The minimum absolute atomic E-state index is 0.106. The van der Waals surface area contributed by atoms with E-state index in [4.69, 9.17) is 19.1 Å². The molecule has 0 aromatic heterocycles. The summed E-state index contributed by atoms with van der Waals surface area (Å²) in [5.41, 5.74) is 0. The Morgan fingerprint density at radius 2 is 0.552 bits per heavy atom.